The highest BCUT2D eigenvalue weighted by atomic mass is 19.4. The highest BCUT2D eigenvalue weighted by molar-refractivity contribution is 5.78. The Morgan fingerprint density at radius 2 is 1.73 bits per heavy atom. The third-order valence-electron chi connectivity index (χ3n) is 4.61. The number of aromatic amines is 1. The fraction of sp³-hybridized carbons (Fsp3) is 0.389. The number of benzene rings is 1. The Kier molecular flexibility index (Phi) is 5.63. The lowest BCUT2D eigenvalue weighted by Crippen LogP contribution is -2.25. The Bertz CT molecular complexity index is 1110. The topological polar surface area (TPSA) is 83.8 Å². The zero-order valence-corrected chi connectivity index (χ0v) is 15.6. The van der Waals surface area contributed by atoms with E-state index in [-0.39, 0.29) is 11.5 Å². The van der Waals surface area contributed by atoms with Gasteiger partial charge in [0.25, 0.3) is 12.0 Å². The van der Waals surface area contributed by atoms with Crippen molar-refractivity contribution in [3.63, 3.8) is 0 Å². The number of H-pyrrole nitrogens is 1. The van der Waals surface area contributed by atoms with Crippen molar-refractivity contribution in [2.24, 2.45) is 0 Å². The van der Waals surface area contributed by atoms with E-state index in [9.17, 15) is 36.2 Å². The second-order valence-electron chi connectivity index (χ2n) is 6.70. The summed E-state index contributed by atoms with van der Waals surface area (Å²) < 4.78 is 79.5. The van der Waals surface area contributed by atoms with E-state index in [4.69, 9.17) is 0 Å². The lowest BCUT2D eigenvalue weighted by molar-refractivity contribution is -0.137. The molecule has 12 heteroatoms. The van der Waals surface area contributed by atoms with Crippen molar-refractivity contribution in [1.29, 1.82) is 0 Å². The number of aromatic nitrogens is 4. The first-order valence-corrected chi connectivity index (χ1v) is 8.68. The fourth-order valence-corrected chi connectivity index (χ4v) is 3.03. The van der Waals surface area contributed by atoms with Crippen molar-refractivity contribution in [3.8, 4) is 0 Å². The molecule has 0 radical (unpaired) electrons. The van der Waals surface area contributed by atoms with Crippen molar-refractivity contribution < 1.29 is 31.4 Å². The molecule has 2 heterocycles. The molecule has 0 aliphatic rings. The first kappa shape index (κ1) is 21.8. The van der Waals surface area contributed by atoms with Gasteiger partial charge in [0.1, 0.15) is 16.9 Å². The molecule has 2 aromatic heterocycles. The normalized spacial score (nSPS) is 15.5. The zero-order chi connectivity index (χ0) is 22.4. The maximum Gasteiger partial charge on any atom is 0.416 e. The Morgan fingerprint density at radius 3 is 2.27 bits per heavy atom. The van der Waals surface area contributed by atoms with Crippen LogP contribution in [0.25, 0.3) is 11.0 Å². The number of halogens is 6. The monoisotopic (exact) mass is 434 g/mol. The van der Waals surface area contributed by atoms with Gasteiger partial charge in [-0.3, -0.25) is 4.79 Å². The number of hydrogen-bond acceptors (Lipinski definition) is 4. The Morgan fingerprint density at radius 1 is 1.13 bits per heavy atom. The van der Waals surface area contributed by atoms with Gasteiger partial charge in [0, 0.05) is 0 Å². The van der Waals surface area contributed by atoms with E-state index in [1.165, 1.54) is 26.0 Å². The molecule has 3 aromatic rings. The number of aliphatic hydroxyl groups excluding tert-OH is 1. The number of aryl methyl sites for hydroxylation is 1. The van der Waals surface area contributed by atoms with Crippen LogP contribution >= 0.6 is 0 Å². The number of nitrogens with one attached hydrogen (secondary N) is 1. The third-order valence-corrected chi connectivity index (χ3v) is 4.61. The molecule has 2 N–H and O–H groups in total. The van der Waals surface area contributed by atoms with E-state index in [0.717, 1.165) is 16.8 Å². The summed E-state index contributed by atoms with van der Waals surface area (Å²) in [5.74, 6) is 0.129. The van der Waals surface area contributed by atoms with Gasteiger partial charge < -0.3 is 10.1 Å². The minimum absolute atomic E-state index is 0.129. The molecule has 3 atom stereocenters. The summed E-state index contributed by atoms with van der Waals surface area (Å²) >= 11 is 0. The number of alkyl halides is 6. The minimum atomic E-state index is -4.54. The van der Waals surface area contributed by atoms with Crippen LogP contribution in [-0.2, 0) is 6.18 Å². The van der Waals surface area contributed by atoms with Crippen LogP contribution in [0.3, 0.4) is 0 Å². The predicted octanol–water partition coefficient (Wildman–Crippen LogP) is 3.69. The predicted molar refractivity (Wildman–Crippen MR) is 94.0 cm³/mol. The molecule has 1 unspecified atom stereocenters. The van der Waals surface area contributed by atoms with Gasteiger partial charge in [-0.05, 0) is 31.5 Å². The number of aliphatic hydroxyl groups is 1. The lowest BCUT2D eigenvalue weighted by atomic mass is 10.1. The highest BCUT2D eigenvalue weighted by Gasteiger charge is 2.35. The van der Waals surface area contributed by atoms with Gasteiger partial charge >= 0.3 is 6.18 Å². The summed E-state index contributed by atoms with van der Waals surface area (Å²) in [4.78, 5) is 18.7. The van der Waals surface area contributed by atoms with E-state index >= 15 is 0 Å². The van der Waals surface area contributed by atoms with Gasteiger partial charge in [0.15, 0.2) is 17.9 Å². The van der Waals surface area contributed by atoms with Gasteiger partial charge in [-0.15, -0.1) is 0 Å². The van der Waals surface area contributed by atoms with E-state index in [1.807, 2.05) is 0 Å². The quantitative estimate of drug-likeness (QED) is 0.600. The molecule has 0 amide bonds. The molecule has 162 valence electrons. The molecule has 0 bridgehead atoms. The molecule has 3 rings (SSSR count). The molecule has 1 aromatic carbocycles. The molecule has 0 fully saturated rings. The van der Waals surface area contributed by atoms with Gasteiger partial charge in [0.2, 0.25) is 0 Å². The van der Waals surface area contributed by atoms with Crippen LogP contribution in [-0.4, -0.2) is 37.4 Å². The maximum absolute atomic E-state index is 14.5. The van der Waals surface area contributed by atoms with Crippen molar-refractivity contribution in [3.05, 3.63) is 57.3 Å². The second kappa shape index (κ2) is 7.74. The summed E-state index contributed by atoms with van der Waals surface area (Å²) in [6.07, 6.45) is -13.4. The summed E-state index contributed by atoms with van der Waals surface area (Å²) in [5, 5.41) is 12.9. The molecule has 0 aliphatic carbocycles. The van der Waals surface area contributed by atoms with E-state index < -0.39 is 53.1 Å². The first-order valence-electron chi connectivity index (χ1n) is 8.68. The Balaban J connectivity index is 2.15. The molecule has 30 heavy (non-hydrogen) atoms. The van der Waals surface area contributed by atoms with Gasteiger partial charge in [0.05, 0.1) is 11.6 Å². The highest BCUT2D eigenvalue weighted by Crippen LogP contribution is 2.33. The molecule has 0 saturated carbocycles. The zero-order valence-electron chi connectivity index (χ0n) is 15.6. The standard InChI is InChI=1S/C18H16F6N4O2/c1-7(9-3-5-10(6-4-9)18(22,23)24)28-16-11(17(30)26-8(2)25-16)13(27-28)12(19)14(29)15(20)21/h3-7,12,14-15,29H,1-2H3,(H,25,26,30)/t7-,12+,14?/m0/s1. The van der Waals surface area contributed by atoms with E-state index in [2.05, 4.69) is 15.1 Å². The van der Waals surface area contributed by atoms with Crippen molar-refractivity contribution >= 4 is 11.0 Å². The average Bonchev–Trinajstić information content (AvgIpc) is 3.05. The molecule has 0 saturated heterocycles. The minimum Gasteiger partial charge on any atom is -0.384 e. The third kappa shape index (κ3) is 3.91. The van der Waals surface area contributed by atoms with Crippen molar-refractivity contribution in [1.82, 2.24) is 19.7 Å². The largest absolute Gasteiger partial charge is 0.416 e. The number of rotatable bonds is 5. The van der Waals surface area contributed by atoms with Crippen LogP contribution in [0.2, 0.25) is 0 Å². The number of nitrogens with zero attached hydrogens (tertiary/aromatic N) is 3. The van der Waals surface area contributed by atoms with Gasteiger partial charge in [-0.2, -0.15) is 18.3 Å². The molecular weight excluding hydrogens is 418 g/mol. The van der Waals surface area contributed by atoms with Crippen LogP contribution in [0.15, 0.2) is 29.1 Å². The SMILES string of the molecule is Cc1nc2c(c([C@@H](F)C(O)C(F)F)nn2[C@@H](C)c2ccc(C(F)(F)F)cc2)c(=O)[nH]1. The van der Waals surface area contributed by atoms with Crippen LogP contribution < -0.4 is 5.56 Å². The van der Waals surface area contributed by atoms with Gasteiger partial charge in [-0.25, -0.2) is 22.8 Å². The van der Waals surface area contributed by atoms with Crippen molar-refractivity contribution in [2.75, 3.05) is 0 Å². The Hall–Kier alpha value is -2.89. The van der Waals surface area contributed by atoms with E-state index in [1.54, 1.807) is 0 Å². The molecule has 6 nitrogen and oxygen atoms in total. The van der Waals surface area contributed by atoms with E-state index in [0.29, 0.717) is 5.56 Å². The lowest BCUT2D eigenvalue weighted by Gasteiger charge is -2.15. The maximum atomic E-state index is 14.5. The Labute approximate surface area is 165 Å². The summed E-state index contributed by atoms with van der Waals surface area (Å²) in [7, 11) is 0. The smallest absolute Gasteiger partial charge is 0.384 e. The molecule has 0 spiro atoms. The molecular formula is C18H16F6N4O2. The summed E-state index contributed by atoms with van der Waals surface area (Å²) in [5.41, 5.74) is -2.28. The number of hydrogen-bond donors (Lipinski definition) is 2. The van der Waals surface area contributed by atoms with Gasteiger partial charge in [-0.1, -0.05) is 12.1 Å². The summed E-state index contributed by atoms with van der Waals surface area (Å²) in [6.45, 7) is 2.94. The number of fused-ring (bicyclic) bond motifs is 1. The first-order chi connectivity index (χ1) is 13.9. The molecule has 0 aliphatic heterocycles. The van der Waals surface area contributed by atoms with Crippen LogP contribution in [0.1, 0.15) is 41.8 Å². The van der Waals surface area contributed by atoms with Crippen LogP contribution in [0.5, 0.6) is 0 Å². The van der Waals surface area contributed by atoms with Crippen LogP contribution in [0, 0.1) is 6.92 Å². The fourth-order valence-electron chi connectivity index (χ4n) is 3.03. The second-order valence-corrected chi connectivity index (χ2v) is 6.70. The average molecular weight is 434 g/mol. The summed E-state index contributed by atoms with van der Waals surface area (Å²) in [6, 6.07) is 3.24. The van der Waals surface area contributed by atoms with Crippen molar-refractivity contribution in [2.45, 2.75) is 44.8 Å². The van der Waals surface area contributed by atoms with Crippen LogP contribution in [0.4, 0.5) is 26.3 Å².